The quantitative estimate of drug-likeness (QED) is 0.535. The van der Waals surface area contributed by atoms with Crippen LogP contribution in [-0.4, -0.2) is 0 Å². The van der Waals surface area contributed by atoms with E-state index in [1.807, 2.05) is 12.1 Å². The molecule has 0 heterocycles. The minimum atomic E-state index is 0.256. The third kappa shape index (κ3) is 1.24. The molecular weight excluding hydrogens is 150 g/mol. The molecule has 12 heavy (non-hydrogen) atoms. The fourth-order valence-corrected chi connectivity index (χ4v) is 0.792. The van der Waals surface area contributed by atoms with Crippen molar-refractivity contribution in [2.24, 2.45) is 0 Å². The van der Waals surface area contributed by atoms with Gasteiger partial charge >= 0.3 is 0 Å². The van der Waals surface area contributed by atoms with Crippen LogP contribution in [-0.2, 0) is 0 Å². The summed E-state index contributed by atoms with van der Waals surface area (Å²) in [5.74, 6) is 0. The summed E-state index contributed by atoms with van der Waals surface area (Å²) < 4.78 is 0. The molecule has 0 bridgehead atoms. The third-order valence-electron chi connectivity index (χ3n) is 1.37. The van der Waals surface area contributed by atoms with Crippen LogP contribution in [0.2, 0.25) is 0 Å². The number of rotatable bonds is 0. The summed E-state index contributed by atoms with van der Waals surface area (Å²) in [6.45, 7) is 6.68. The van der Waals surface area contributed by atoms with E-state index in [0.717, 1.165) is 0 Å². The van der Waals surface area contributed by atoms with Crippen LogP contribution in [0.5, 0.6) is 0 Å². The van der Waals surface area contributed by atoms with Crippen molar-refractivity contribution in [2.75, 3.05) is 0 Å². The van der Waals surface area contributed by atoms with E-state index in [1.54, 1.807) is 0 Å². The van der Waals surface area contributed by atoms with Crippen molar-refractivity contribution in [1.82, 2.24) is 0 Å². The molecule has 1 rings (SSSR count). The fraction of sp³-hybridized carbons (Fsp3) is 0. The zero-order chi connectivity index (χ0) is 8.97. The number of nitriles is 2. The molecule has 3 nitrogen and oxygen atoms in total. The van der Waals surface area contributed by atoms with Gasteiger partial charge in [0.2, 0.25) is 0 Å². The number of nitrogens with zero attached hydrogens (tertiary/aromatic N) is 3. The van der Waals surface area contributed by atoms with Crippen molar-refractivity contribution < 1.29 is 0 Å². The van der Waals surface area contributed by atoms with E-state index in [9.17, 15) is 0 Å². The lowest BCUT2D eigenvalue weighted by Crippen LogP contribution is -1.80. The highest BCUT2D eigenvalue weighted by Gasteiger charge is 2.00. The van der Waals surface area contributed by atoms with Gasteiger partial charge in [0.15, 0.2) is 5.69 Å². The Bertz CT molecular complexity index is 427. The van der Waals surface area contributed by atoms with Gasteiger partial charge in [0, 0.05) is 0 Å². The Morgan fingerprint density at radius 2 is 1.83 bits per heavy atom. The number of benzene rings is 1. The van der Waals surface area contributed by atoms with Gasteiger partial charge in [0.25, 0.3) is 0 Å². The first-order valence-electron chi connectivity index (χ1n) is 3.13. The predicted octanol–water partition coefficient (Wildman–Crippen LogP) is 1.98. The summed E-state index contributed by atoms with van der Waals surface area (Å²) in [6.07, 6.45) is 0. The first kappa shape index (κ1) is 7.79. The molecule has 0 fully saturated rings. The van der Waals surface area contributed by atoms with Gasteiger partial charge in [-0.25, -0.2) is 4.85 Å². The Hall–Kier alpha value is -2.31. The normalized spacial score (nSPS) is 7.75. The summed E-state index contributed by atoms with van der Waals surface area (Å²) in [7, 11) is 0. The summed E-state index contributed by atoms with van der Waals surface area (Å²) in [6, 6.07) is 8.13. The summed E-state index contributed by atoms with van der Waals surface area (Å²) in [5.41, 5.74) is 0.946. The van der Waals surface area contributed by atoms with Crippen LogP contribution < -0.4 is 0 Å². The smallest absolute Gasteiger partial charge is 0.188 e. The standard InChI is InChI=1S/C9H3N3/c1-12-9-3-2-7(5-10)8(4-9)6-11/h2-4H. The molecule has 0 aliphatic rings. The van der Waals surface area contributed by atoms with Crippen molar-refractivity contribution >= 4 is 5.69 Å². The van der Waals surface area contributed by atoms with Crippen molar-refractivity contribution in [2.45, 2.75) is 0 Å². The Morgan fingerprint density at radius 1 is 1.17 bits per heavy atom. The molecule has 1 aromatic rings. The lowest BCUT2D eigenvalue weighted by atomic mass is 10.1. The highest BCUT2D eigenvalue weighted by atomic mass is 14.6. The van der Waals surface area contributed by atoms with Gasteiger partial charge < -0.3 is 0 Å². The zero-order valence-electron chi connectivity index (χ0n) is 6.07. The van der Waals surface area contributed by atoms with Gasteiger partial charge in [-0.05, 0) is 6.07 Å². The second-order valence-corrected chi connectivity index (χ2v) is 2.07. The number of hydrogen-bond donors (Lipinski definition) is 0. The molecule has 0 unspecified atom stereocenters. The minimum absolute atomic E-state index is 0.256. The van der Waals surface area contributed by atoms with Gasteiger partial charge in [-0.1, -0.05) is 12.1 Å². The molecule has 0 aromatic heterocycles. The maximum atomic E-state index is 8.57. The van der Waals surface area contributed by atoms with Crippen molar-refractivity contribution in [3.8, 4) is 12.1 Å². The predicted molar refractivity (Wildman–Crippen MR) is 42.1 cm³/mol. The monoisotopic (exact) mass is 153 g/mol. The first-order chi connectivity index (χ1) is 5.81. The van der Waals surface area contributed by atoms with Crippen molar-refractivity contribution in [3.63, 3.8) is 0 Å². The molecule has 0 aliphatic carbocycles. The highest BCUT2D eigenvalue weighted by Crippen LogP contribution is 2.16. The van der Waals surface area contributed by atoms with E-state index in [0.29, 0.717) is 11.3 Å². The molecule has 0 saturated carbocycles. The average molecular weight is 153 g/mol. The van der Waals surface area contributed by atoms with Crippen LogP contribution in [0.25, 0.3) is 4.85 Å². The SMILES string of the molecule is [C-]#[N+]c1ccc(C#N)c(C#N)c1. The maximum absolute atomic E-state index is 8.57. The molecule has 0 atom stereocenters. The highest BCUT2D eigenvalue weighted by molar-refractivity contribution is 5.56. The summed E-state index contributed by atoms with van der Waals surface area (Å²) in [5, 5.41) is 17.1. The maximum Gasteiger partial charge on any atom is 0.188 e. The van der Waals surface area contributed by atoms with E-state index in [-0.39, 0.29) is 5.56 Å². The lowest BCUT2D eigenvalue weighted by Gasteiger charge is -1.92. The number of hydrogen-bond acceptors (Lipinski definition) is 2. The topological polar surface area (TPSA) is 51.9 Å². The van der Waals surface area contributed by atoms with Crippen LogP contribution in [0.3, 0.4) is 0 Å². The lowest BCUT2D eigenvalue weighted by molar-refractivity contribution is 1.43. The van der Waals surface area contributed by atoms with Crippen LogP contribution >= 0.6 is 0 Å². The Kier molecular flexibility index (Phi) is 2.07. The van der Waals surface area contributed by atoms with E-state index in [1.165, 1.54) is 18.2 Å². The van der Waals surface area contributed by atoms with E-state index in [2.05, 4.69) is 4.85 Å². The fourth-order valence-electron chi connectivity index (χ4n) is 0.792. The Balaban J connectivity index is 3.37. The van der Waals surface area contributed by atoms with Crippen LogP contribution in [0.1, 0.15) is 11.1 Å². The van der Waals surface area contributed by atoms with Gasteiger partial charge in [0.05, 0.1) is 23.8 Å². The van der Waals surface area contributed by atoms with Crippen molar-refractivity contribution in [3.05, 3.63) is 40.7 Å². The molecule has 0 spiro atoms. The summed E-state index contributed by atoms with van der Waals surface area (Å²) in [4.78, 5) is 3.14. The molecule has 0 N–H and O–H groups in total. The third-order valence-corrected chi connectivity index (χ3v) is 1.37. The van der Waals surface area contributed by atoms with E-state index >= 15 is 0 Å². The van der Waals surface area contributed by atoms with E-state index in [4.69, 9.17) is 17.1 Å². The van der Waals surface area contributed by atoms with E-state index < -0.39 is 0 Å². The first-order valence-corrected chi connectivity index (χ1v) is 3.13. The Morgan fingerprint density at radius 3 is 2.33 bits per heavy atom. The minimum Gasteiger partial charge on any atom is -0.238 e. The largest absolute Gasteiger partial charge is 0.238 e. The van der Waals surface area contributed by atoms with Crippen LogP contribution in [0.4, 0.5) is 5.69 Å². The molecule has 0 radical (unpaired) electrons. The van der Waals surface area contributed by atoms with Crippen LogP contribution in [0.15, 0.2) is 18.2 Å². The van der Waals surface area contributed by atoms with Gasteiger partial charge in [-0.15, -0.1) is 0 Å². The zero-order valence-corrected chi connectivity index (χ0v) is 6.07. The molecule has 1 aromatic carbocycles. The second-order valence-electron chi connectivity index (χ2n) is 2.07. The van der Waals surface area contributed by atoms with Gasteiger partial charge in [-0.3, -0.25) is 0 Å². The average Bonchev–Trinajstić information content (AvgIpc) is 2.16. The van der Waals surface area contributed by atoms with Crippen molar-refractivity contribution in [1.29, 1.82) is 10.5 Å². The summed E-state index contributed by atoms with van der Waals surface area (Å²) >= 11 is 0. The second kappa shape index (κ2) is 3.19. The molecular formula is C9H3N3. The molecule has 0 saturated heterocycles. The molecule has 3 heteroatoms. The molecule has 54 valence electrons. The van der Waals surface area contributed by atoms with Gasteiger partial charge in [0.1, 0.15) is 6.07 Å². The molecule has 0 aliphatic heterocycles. The molecule has 0 amide bonds. The van der Waals surface area contributed by atoms with Crippen LogP contribution in [0, 0.1) is 29.2 Å². The Labute approximate surface area is 69.9 Å². The van der Waals surface area contributed by atoms with Gasteiger partial charge in [-0.2, -0.15) is 10.5 Å².